The lowest BCUT2D eigenvalue weighted by molar-refractivity contribution is 0.0685. The number of carbonyl (C=O) groups is 2. The van der Waals surface area contributed by atoms with E-state index in [-0.39, 0.29) is 17.5 Å². The van der Waals surface area contributed by atoms with Crippen molar-refractivity contribution in [3.63, 3.8) is 0 Å². The van der Waals surface area contributed by atoms with Crippen LogP contribution in [-0.2, 0) is 12.8 Å². The van der Waals surface area contributed by atoms with Gasteiger partial charge in [-0.25, -0.2) is 19.6 Å². The number of rotatable bonds is 8. The van der Waals surface area contributed by atoms with Gasteiger partial charge in [0.15, 0.2) is 16.6 Å². The molecular weight excluding hydrogens is 536 g/mol. The molecule has 0 saturated heterocycles. The van der Waals surface area contributed by atoms with Gasteiger partial charge >= 0.3 is 12.0 Å². The van der Waals surface area contributed by atoms with Crippen molar-refractivity contribution in [1.29, 1.82) is 0 Å². The minimum absolute atomic E-state index is 0.134. The quantitative estimate of drug-likeness (QED) is 0.196. The Morgan fingerprint density at radius 1 is 0.976 bits per heavy atom. The summed E-state index contributed by atoms with van der Waals surface area (Å²) in [5, 5.41) is 13.4. The van der Waals surface area contributed by atoms with E-state index in [0.29, 0.717) is 24.0 Å². The van der Waals surface area contributed by atoms with Crippen molar-refractivity contribution in [2.24, 2.45) is 0 Å². The number of carboxylic acids is 1. The van der Waals surface area contributed by atoms with Gasteiger partial charge in [0.1, 0.15) is 0 Å². The highest BCUT2D eigenvalue weighted by Crippen LogP contribution is 2.34. The van der Waals surface area contributed by atoms with E-state index in [4.69, 9.17) is 4.74 Å². The Bertz CT molecular complexity index is 1690. The summed E-state index contributed by atoms with van der Waals surface area (Å²) in [5.41, 5.74) is 4.98. The highest BCUT2D eigenvalue weighted by molar-refractivity contribution is 7.22. The predicted octanol–water partition coefficient (Wildman–Crippen LogP) is 7.05. The number of nitrogens with one attached hydrogen (secondary N) is 1. The molecule has 9 heteroatoms. The minimum Gasteiger partial charge on any atom is -0.491 e. The number of nitrogens with zero attached hydrogens (tertiary/aromatic N) is 3. The maximum absolute atomic E-state index is 13.3. The van der Waals surface area contributed by atoms with Gasteiger partial charge in [-0.05, 0) is 67.1 Å². The highest BCUT2D eigenvalue weighted by Gasteiger charge is 2.25. The number of pyridine rings is 1. The molecule has 0 bridgehead atoms. The van der Waals surface area contributed by atoms with E-state index in [0.717, 1.165) is 52.7 Å². The Kier molecular flexibility index (Phi) is 7.60. The lowest BCUT2D eigenvalue weighted by atomic mass is 9.98. The second-order valence-electron chi connectivity index (χ2n) is 9.80. The van der Waals surface area contributed by atoms with Crippen LogP contribution in [0.5, 0.6) is 5.75 Å². The van der Waals surface area contributed by atoms with Gasteiger partial charge in [0.05, 0.1) is 22.5 Å². The van der Waals surface area contributed by atoms with Gasteiger partial charge in [-0.1, -0.05) is 65.9 Å². The fraction of sp³-hybridized carbons (Fsp3) is 0.188. The number of hydrogen-bond donors (Lipinski definition) is 2. The van der Waals surface area contributed by atoms with Crippen LogP contribution in [-0.4, -0.2) is 40.2 Å². The van der Waals surface area contributed by atoms with Crippen molar-refractivity contribution in [2.75, 3.05) is 23.4 Å². The number of benzene rings is 3. The van der Waals surface area contributed by atoms with Crippen LogP contribution in [0.1, 0.15) is 34.5 Å². The summed E-state index contributed by atoms with van der Waals surface area (Å²) in [7, 11) is 0. The Hall–Kier alpha value is -4.76. The summed E-state index contributed by atoms with van der Waals surface area (Å²) in [6.45, 7) is 0.949. The van der Waals surface area contributed by atoms with Crippen LogP contribution in [0.25, 0.3) is 21.5 Å². The monoisotopic (exact) mass is 564 g/mol. The van der Waals surface area contributed by atoms with Crippen LogP contribution in [0.4, 0.5) is 15.6 Å². The van der Waals surface area contributed by atoms with E-state index in [1.54, 1.807) is 17.0 Å². The molecule has 0 radical (unpaired) electrons. The van der Waals surface area contributed by atoms with Gasteiger partial charge in [0.25, 0.3) is 0 Å². The third-order valence-electron chi connectivity index (χ3n) is 7.02. The zero-order valence-electron chi connectivity index (χ0n) is 22.2. The molecule has 0 fully saturated rings. The number of carbonyl (C=O) groups excluding carboxylic acids is 1. The van der Waals surface area contributed by atoms with Gasteiger partial charge in [-0.2, -0.15) is 0 Å². The second kappa shape index (κ2) is 11.8. The summed E-state index contributed by atoms with van der Waals surface area (Å²) in [6.07, 6.45) is 3.29. The largest absolute Gasteiger partial charge is 0.491 e. The van der Waals surface area contributed by atoms with Crippen LogP contribution in [0.15, 0.2) is 84.9 Å². The molecule has 0 unspecified atom stereocenters. The molecule has 2 amide bonds. The zero-order chi connectivity index (χ0) is 28.2. The number of carboxylic acid groups (broad SMARTS) is 1. The first-order valence-electron chi connectivity index (χ1n) is 13.5. The van der Waals surface area contributed by atoms with E-state index in [1.807, 2.05) is 60.7 Å². The number of urea groups is 1. The Morgan fingerprint density at radius 2 is 1.80 bits per heavy atom. The van der Waals surface area contributed by atoms with E-state index in [2.05, 4.69) is 27.4 Å². The van der Waals surface area contributed by atoms with E-state index < -0.39 is 5.97 Å². The van der Waals surface area contributed by atoms with Gasteiger partial charge in [0, 0.05) is 17.8 Å². The number of amides is 2. The van der Waals surface area contributed by atoms with Crippen LogP contribution in [0, 0.1) is 0 Å². The molecule has 0 aliphatic carbocycles. The average Bonchev–Trinajstić information content (AvgIpc) is 3.41. The number of aryl methyl sites for hydroxylation is 2. The SMILES string of the molecule is O=C(O)c1nc(-c2ccc3c(c2)N(C(=O)Nc2nc4ccccc4s2)CCC3)ccc1OCCCc1ccccc1. The molecular formula is C32H28N4O4S. The molecule has 3 aromatic carbocycles. The number of para-hydroxylation sites is 1. The number of aromatic nitrogens is 2. The molecule has 6 rings (SSSR count). The van der Waals surface area contributed by atoms with E-state index in [1.165, 1.54) is 16.9 Å². The highest BCUT2D eigenvalue weighted by atomic mass is 32.1. The normalized spacial score (nSPS) is 12.6. The summed E-state index contributed by atoms with van der Waals surface area (Å²) in [5.74, 6) is -0.913. The Balaban J connectivity index is 1.20. The summed E-state index contributed by atoms with van der Waals surface area (Å²) >= 11 is 1.44. The maximum Gasteiger partial charge on any atom is 0.358 e. The molecule has 2 aromatic heterocycles. The second-order valence-corrected chi connectivity index (χ2v) is 10.8. The fourth-order valence-corrected chi connectivity index (χ4v) is 5.86. The van der Waals surface area contributed by atoms with Crippen LogP contribution in [0.3, 0.4) is 0 Å². The molecule has 1 aliphatic heterocycles. The Labute approximate surface area is 241 Å². The minimum atomic E-state index is -1.15. The third-order valence-corrected chi connectivity index (χ3v) is 7.98. The van der Waals surface area contributed by atoms with Gasteiger partial charge in [-0.3, -0.25) is 10.2 Å². The first-order valence-corrected chi connectivity index (χ1v) is 14.4. The standard InChI is InChI=1S/C32H28N4O4S/c37-30(38)29-27(40-19-7-10-21-8-2-1-3-9-21)17-16-24(33-29)23-15-14-22-11-6-18-36(26(22)20-23)32(39)35-31-34-25-12-4-5-13-28(25)41-31/h1-5,8-9,12-17,20H,6-7,10-11,18-19H2,(H,37,38)(H,34,35,39). The summed E-state index contributed by atoms with van der Waals surface area (Å²) in [6, 6.07) is 26.8. The van der Waals surface area contributed by atoms with Crippen molar-refractivity contribution < 1.29 is 19.4 Å². The number of thiazole rings is 1. The molecule has 0 saturated carbocycles. The van der Waals surface area contributed by atoms with Crippen LogP contribution >= 0.6 is 11.3 Å². The zero-order valence-corrected chi connectivity index (χ0v) is 23.1. The summed E-state index contributed by atoms with van der Waals surface area (Å²) < 4.78 is 6.83. The fourth-order valence-electron chi connectivity index (χ4n) is 5.01. The number of anilines is 2. The molecule has 41 heavy (non-hydrogen) atoms. The van der Waals surface area contributed by atoms with E-state index >= 15 is 0 Å². The molecule has 3 heterocycles. The number of ether oxygens (including phenoxy) is 1. The van der Waals surface area contributed by atoms with Crippen LogP contribution in [0.2, 0.25) is 0 Å². The first kappa shape index (κ1) is 26.5. The summed E-state index contributed by atoms with van der Waals surface area (Å²) in [4.78, 5) is 36.1. The third kappa shape index (κ3) is 5.90. The molecule has 0 atom stereocenters. The molecule has 1 aliphatic rings. The Morgan fingerprint density at radius 3 is 2.63 bits per heavy atom. The number of aromatic carboxylic acids is 1. The van der Waals surface area contributed by atoms with Crippen molar-refractivity contribution >= 4 is 44.4 Å². The number of hydrogen-bond acceptors (Lipinski definition) is 6. The first-order chi connectivity index (χ1) is 20.0. The molecule has 8 nitrogen and oxygen atoms in total. The number of fused-ring (bicyclic) bond motifs is 2. The van der Waals surface area contributed by atoms with Gasteiger partial charge in [0.2, 0.25) is 0 Å². The van der Waals surface area contributed by atoms with Crippen molar-refractivity contribution in [3.05, 3.63) is 102 Å². The molecule has 206 valence electrons. The predicted molar refractivity (Wildman–Crippen MR) is 161 cm³/mol. The maximum atomic E-state index is 13.3. The average molecular weight is 565 g/mol. The van der Waals surface area contributed by atoms with E-state index in [9.17, 15) is 14.7 Å². The lowest BCUT2D eigenvalue weighted by Gasteiger charge is -2.29. The van der Waals surface area contributed by atoms with Crippen molar-refractivity contribution in [2.45, 2.75) is 25.7 Å². The molecule has 0 spiro atoms. The topological polar surface area (TPSA) is 105 Å². The molecule has 2 N–H and O–H groups in total. The smallest absolute Gasteiger partial charge is 0.358 e. The lowest BCUT2D eigenvalue weighted by Crippen LogP contribution is -2.38. The van der Waals surface area contributed by atoms with Crippen molar-refractivity contribution in [1.82, 2.24) is 9.97 Å². The van der Waals surface area contributed by atoms with Gasteiger partial charge < -0.3 is 9.84 Å². The molecule has 5 aromatic rings. The van der Waals surface area contributed by atoms with Crippen LogP contribution < -0.4 is 15.0 Å². The van der Waals surface area contributed by atoms with Gasteiger partial charge in [-0.15, -0.1) is 0 Å². The van der Waals surface area contributed by atoms with Crippen molar-refractivity contribution in [3.8, 4) is 17.0 Å².